The molecule has 0 aliphatic carbocycles. The van der Waals surface area contributed by atoms with Gasteiger partial charge in [-0.05, 0) is 47.2 Å². The number of hydrogen-bond donors (Lipinski definition) is 1. The summed E-state index contributed by atoms with van der Waals surface area (Å²) in [7, 11) is 0. The smallest absolute Gasteiger partial charge is 0.338 e. The van der Waals surface area contributed by atoms with Crippen LogP contribution >= 0.6 is 22.6 Å². The zero-order valence-electron chi connectivity index (χ0n) is 6.27. The molecule has 0 aromatic heterocycles. The van der Waals surface area contributed by atoms with E-state index >= 15 is 0 Å². The highest BCUT2D eigenvalue weighted by Gasteiger charge is 2.11. The number of carboxylic acid groups (broad SMARTS) is 1. The van der Waals surface area contributed by atoms with Gasteiger partial charge in [0.2, 0.25) is 0 Å². The van der Waals surface area contributed by atoms with Crippen LogP contribution in [0.5, 0.6) is 0 Å². The molecule has 0 fully saturated rings. The van der Waals surface area contributed by atoms with Crippen molar-refractivity contribution >= 4 is 28.6 Å². The number of rotatable bonds is 1. The first-order valence-corrected chi connectivity index (χ1v) is 4.29. The van der Waals surface area contributed by atoms with Crippen molar-refractivity contribution in [1.29, 1.82) is 0 Å². The molecule has 2 nitrogen and oxygen atoms in total. The molecule has 0 saturated carbocycles. The van der Waals surface area contributed by atoms with Crippen LogP contribution in [0.2, 0.25) is 0 Å². The number of hydrogen-bond acceptors (Lipinski definition) is 1. The molecule has 12 heavy (non-hydrogen) atoms. The molecule has 0 saturated heterocycles. The zero-order chi connectivity index (χ0) is 9.30. The van der Waals surface area contributed by atoms with Gasteiger partial charge in [0.1, 0.15) is 5.82 Å². The van der Waals surface area contributed by atoms with E-state index in [0.717, 1.165) is 9.13 Å². The molecule has 4 heteroatoms. The second-order valence-electron chi connectivity index (χ2n) is 2.39. The molecule has 0 bridgehead atoms. The number of carbonyl (C=O) groups is 1. The van der Waals surface area contributed by atoms with Crippen molar-refractivity contribution in [2.75, 3.05) is 0 Å². The quantitative estimate of drug-likeness (QED) is 0.802. The van der Waals surface area contributed by atoms with E-state index in [9.17, 15) is 9.18 Å². The average molecular weight is 280 g/mol. The van der Waals surface area contributed by atoms with Crippen molar-refractivity contribution in [3.05, 3.63) is 32.6 Å². The Balaban J connectivity index is 3.33. The Kier molecular flexibility index (Phi) is 2.66. The summed E-state index contributed by atoms with van der Waals surface area (Å²) in [5.74, 6) is -1.91. The monoisotopic (exact) mass is 280 g/mol. The molecule has 1 rings (SSSR count). The Bertz CT molecular complexity index is 336. The number of aryl methyl sites for hydroxylation is 1. The van der Waals surface area contributed by atoms with Gasteiger partial charge < -0.3 is 5.11 Å². The van der Waals surface area contributed by atoms with Gasteiger partial charge in [0.25, 0.3) is 0 Å². The van der Waals surface area contributed by atoms with E-state index in [1.54, 1.807) is 6.92 Å². The van der Waals surface area contributed by atoms with Crippen LogP contribution in [0.4, 0.5) is 4.39 Å². The third kappa shape index (κ3) is 1.74. The van der Waals surface area contributed by atoms with Gasteiger partial charge in [0.15, 0.2) is 0 Å². The summed E-state index contributed by atoms with van der Waals surface area (Å²) in [6, 6.07) is 2.55. The molecule has 1 N–H and O–H groups in total. The Morgan fingerprint density at radius 1 is 1.58 bits per heavy atom. The fraction of sp³-hybridized carbons (Fsp3) is 0.125. The van der Waals surface area contributed by atoms with Crippen molar-refractivity contribution < 1.29 is 14.3 Å². The first kappa shape index (κ1) is 9.44. The number of carboxylic acids is 1. The third-order valence-electron chi connectivity index (χ3n) is 1.48. The summed E-state index contributed by atoms with van der Waals surface area (Å²) in [6.07, 6.45) is 0. The van der Waals surface area contributed by atoms with Crippen LogP contribution < -0.4 is 0 Å². The summed E-state index contributed by atoms with van der Waals surface area (Å²) in [5.41, 5.74) is 0.475. The van der Waals surface area contributed by atoms with Gasteiger partial charge in [-0.2, -0.15) is 0 Å². The molecule has 0 spiro atoms. The lowest BCUT2D eigenvalue weighted by Gasteiger charge is -2.01. The second-order valence-corrected chi connectivity index (χ2v) is 3.55. The Morgan fingerprint density at radius 2 is 2.17 bits per heavy atom. The first-order valence-electron chi connectivity index (χ1n) is 3.21. The Morgan fingerprint density at radius 3 is 2.67 bits per heavy atom. The largest absolute Gasteiger partial charge is 0.478 e. The van der Waals surface area contributed by atoms with Crippen LogP contribution in [-0.2, 0) is 0 Å². The summed E-state index contributed by atoms with van der Waals surface area (Å²) >= 11 is 1.97. The van der Waals surface area contributed by atoms with Crippen LogP contribution in [-0.4, -0.2) is 11.1 Å². The van der Waals surface area contributed by atoms with Crippen LogP contribution in [0.1, 0.15) is 15.9 Å². The molecule has 0 atom stereocenters. The zero-order valence-corrected chi connectivity index (χ0v) is 8.42. The van der Waals surface area contributed by atoms with Crippen molar-refractivity contribution in [2.24, 2.45) is 0 Å². The minimum Gasteiger partial charge on any atom is -0.478 e. The standard InChI is InChI=1S/C8H6FIO2/c1-4-2-6(9)5(8(11)12)3-7(4)10/h2-3H,1H3,(H,11,12). The molecule has 1 aromatic carbocycles. The van der Waals surface area contributed by atoms with Gasteiger partial charge in [-0.1, -0.05) is 0 Å². The van der Waals surface area contributed by atoms with Gasteiger partial charge in [-0.3, -0.25) is 0 Å². The maximum Gasteiger partial charge on any atom is 0.338 e. The molecule has 0 amide bonds. The maximum absolute atomic E-state index is 12.9. The normalized spacial score (nSPS) is 9.92. The topological polar surface area (TPSA) is 37.3 Å². The number of benzene rings is 1. The van der Waals surface area contributed by atoms with Gasteiger partial charge in [0.05, 0.1) is 5.56 Å². The fourth-order valence-electron chi connectivity index (χ4n) is 0.810. The predicted molar refractivity (Wildman–Crippen MR) is 50.8 cm³/mol. The summed E-state index contributed by atoms with van der Waals surface area (Å²) in [5, 5.41) is 8.54. The molecular weight excluding hydrogens is 274 g/mol. The fourth-order valence-corrected chi connectivity index (χ4v) is 1.28. The van der Waals surface area contributed by atoms with Gasteiger partial charge >= 0.3 is 5.97 Å². The lowest BCUT2D eigenvalue weighted by atomic mass is 10.1. The highest BCUT2D eigenvalue weighted by Crippen LogP contribution is 2.16. The highest BCUT2D eigenvalue weighted by atomic mass is 127. The minimum atomic E-state index is -1.23. The van der Waals surface area contributed by atoms with Gasteiger partial charge in [0, 0.05) is 3.57 Å². The van der Waals surface area contributed by atoms with E-state index in [1.165, 1.54) is 12.1 Å². The molecule has 0 aliphatic rings. The maximum atomic E-state index is 12.9. The van der Waals surface area contributed by atoms with Crippen molar-refractivity contribution in [3.63, 3.8) is 0 Å². The lowest BCUT2D eigenvalue weighted by Crippen LogP contribution is -2.01. The molecule has 0 radical (unpaired) electrons. The van der Waals surface area contributed by atoms with Crippen LogP contribution in [0.3, 0.4) is 0 Å². The molecule has 64 valence electrons. The predicted octanol–water partition coefficient (Wildman–Crippen LogP) is 2.44. The SMILES string of the molecule is Cc1cc(F)c(C(=O)O)cc1I. The Hall–Kier alpha value is -0.650. The average Bonchev–Trinajstić information content (AvgIpc) is 1.96. The third-order valence-corrected chi connectivity index (χ3v) is 2.64. The second kappa shape index (κ2) is 3.38. The minimum absolute atomic E-state index is 0.273. The number of halogens is 2. The van der Waals surface area contributed by atoms with E-state index in [1.807, 2.05) is 22.6 Å². The van der Waals surface area contributed by atoms with Crippen molar-refractivity contribution in [1.82, 2.24) is 0 Å². The number of aromatic carboxylic acids is 1. The van der Waals surface area contributed by atoms with E-state index in [4.69, 9.17) is 5.11 Å². The first-order chi connectivity index (χ1) is 5.52. The molecular formula is C8H6FIO2. The molecule has 1 aromatic rings. The molecule has 0 aliphatic heterocycles. The van der Waals surface area contributed by atoms with E-state index in [0.29, 0.717) is 0 Å². The summed E-state index contributed by atoms with van der Waals surface area (Å²) in [4.78, 5) is 10.4. The van der Waals surface area contributed by atoms with Crippen molar-refractivity contribution in [2.45, 2.75) is 6.92 Å². The molecule has 0 unspecified atom stereocenters. The summed E-state index contributed by atoms with van der Waals surface area (Å²) in [6.45, 7) is 1.73. The van der Waals surface area contributed by atoms with Crippen LogP contribution in [0, 0.1) is 16.3 Å². The van der Waals surface area contributed by atoms with Gasteiger partial charge in [-0.25, -0.2) is 9.18 Å². The van der Waals surface area contributed by atoms with Crippen LogP contribution in [0.15, 0.2) is 12.1 Å². The van der Waals surface area contributed by atoms with E-state index in [2.05, 4.69) is 0 Å². The van der Waals surface area contributed by atoms with E-state index < -0.39 is 11.8 Å². The lowest BCUT2D eigenvalue weighted by molar-refractivity contribution is 0.0692. The Labute approximate surface area is 82.5 Å². The van der Waals surface area contributed by atoms with E-state index in [-0.39, 0.29) is 5.56 Å². The van der Waals surface area contributed by atoms with Gasteiger partial charge in [-0.15, -0.1) is 0 Å². The summed E-state index contributed by atoms with van der Waals surface area (Å²) < 4.78 is 13.7. The molecule has 0 heterocycles. The highest BCUT2D eigenvalue weighted by molar-refractivity contribution is 14.1. The van der Waals surface area contributed by atoms with Crippen molar-refractivity contribution in [3.8, 4) is 0 Å². The van der Waals surface area contributed by atoms with Crippen LogP contribution in [0.25, 0.3) is 0 Å².